The second-order valence-corrected chi connectivity index (χ2v) is 9.80. The van der Waals surface area contributed by atoms with Crippen LogP contribution in [-0.2, 0) is 21.2 Å². The van der Waals surface area contributed by atoms with E-state index in [1.54, 1.807) is 33.5 Å². The molecule has 5 rings (SSSR count). The number of sulfonamides is 1. The molecule has 0 aromatic heterocycles. The number of amides is 1. The van der Waals surface area contributed by atoms with Gasteiger partial charge >= 0.3 is 0 Å². The van der Waals surface area contributed by atoms with Gasteiger partial charge in [0.2, 0.25) is 16.1 Å². The van der Waals surface area contributed by atoms with Crippen molar-refractivity contribution >= 4 is 21.6 Å². The number of anilines is 1. The number of carbonyl (C=O) groups is 1. The first-order chi connectivity index (χ1) is 14.5. The van der Waals surface area contributed by atoms with Crippen molar-refractivity contribution in [3.63, 3.8) is 0 Å². The third-order valence-electron chi connectivity index (χ3n) is 5.92. The Kier molecular flexibility index (Phi) is 4.91. The minimum absolute atomic E-state index is 0.156. The highest BCUT2D eigenvalue weighted by Crippen LogP contribution is 2.34. The monoisotopic (exact) mass is 428 g/mol. The zero-order chi connectivity index (χ0) is 20.7. The van der Waals surface area contributed by atoms with E-state index in [1.807, 2.05) is 18.2 Å². The summed E-state index contributed by atoms with van der Waals surface area (Å²) in [6.45, 7) is 1.88. The van der Waals surface area contributed by atoms with Crippen LogP contribution < -0.4 is 14.4 Å². The van der Waals surface area contributed by atoms with E-state index in [0.717, 1.165) is 36.9 Å². The average Bonchev–Trinajstić information content (AvgIpc) is 3.33. The van der Waals surface area contributed by atoms with Gasteiger partial charge in [-0.15, -0.1) is 0 Å². The summed E-state index contributed by atoms with van der Waals surface area (Å²) >= 11 is 0. The molecule has 2 aromatic rings. The molecule has 3 aliphatic heterocycles. The predicted molar refractivity (Wildman–Crippen MR) is 111 cm³/mol. The second-order valence-electron chi connectivity index (χ2n) is 7.86. The summed E-state index contributed by atoms with van der Waals surface area (Å²) in [5, 5.41) is 0. The van der Waals surface area contributed by atoms with Crippen molar-refractivity contribution in [2.24, 2.45) is 0 Å². The van der Waals surface area contributed by atoms with Gasteiger partial charge in [0.1, 0.15) is 6.61 Å². The number of ether oxygens (including phenoxy) is 2. The van der Waals surface area contributed by atoms with Crippen molar-refractivity contribution in [3.8, 4) is 11.5 Å². The van der Waals surface area contributed by atoms with Crippen LogP contribution in [0.3, 0.4) is 0 Å². The maximum absolute atomic E-state index is 13.2. The van der Waals surface area contributed by atoms with Gasteiger partial charge in [-0.2, -0.15) is 4.31 Å². The van der Waals surface area contributed by atoms with Crippen LogP contribution in [0.15, 0.2) is 47.4 Å². The molecule has 30 heavy (non-hydrogen) atoms. The zero-order valence-corrected chi connectivity index (χ0v) is 17.4. The Labute approximate surface area is 176 Å². The van der Waals surface area contributed by atoms with E-state index in [4.69, 9.17) is 9.47 Å². The second kappa shape index (κ2) is 7.59. The Bertz CT molecular complexity index is 1080. The smallest absolute Gasteiger partial charge is 0.271 e. The number of aryl methyl sites for hydroxylation is 1. The third-order valence-corrected chi connectivity index (χ3v) is 7.82. The Morgan fingerprint density at radius 3 is 2.53 bits per heavy atom. The van der Waals surface area contributed by atoms with E-state index in [0.29, 0.717) is 36.0 Å². The molecule has 0 spiro atoms. The van der Waals surface area contributed by atoms with Crippen LogP contribution in [-0.4, -0.2) is 51.0 Å². The molecule has 3 aliphatic rings. The Hall–Kier alpha value is -2.58. The normalized spacial score (nSPS) is 21.3. The topological polar surface area (TPSA) is 76.1 Å². The van der Waals surface area contributed by atoms with E-state index in [9.17, 15) is 13.2 Å². The highest BCUT2D eigenvalue weighted by Gasteiger charge is 2.35. The van der Waals surface area contributed by atoms with Gasteiger partial charge in [0.25, 0.3) is 5.91 Å². The van der Waals surface area contributed by atoms with E-state index in [-0.39, 0.29) is 12.5 Å². The standard InChI is InChI=1S/C22H24N2O5S/c25-22(21-15-28-19-7-1-2-8-20(19)29-21)24-13-5-6-16-14-17(9-10-18(16)24)30(26,27)23-11-3-4-12-23/h1-2,7-10,14,21H,3-6,11-13,15H2/t21-/m1/s1. The lowest BCUT2D eigenvalue weighted by Crippen LogP contribution is -2.48. The SMILES string of the molecule is O=C([C@H]1COc2ccccc2O1)N1CCCc2cc(S(=O)(=O)N3CCCC3)ccc21. The van der Waals surface area contributed by atoms with Gasteiger partial charge in [0, 0.05) is 25.3 Å². The minimum Gasteiger partial charge on any atom is -0.485 e. The highest BCUT2D eigenvalue weighted by atomic mass is 32.2. The molecule has 0 radical (unpaired) electrons. The van der Waals surface area contributed by atoms with Crippen LogP contribution in [0.25, 0.3) is 0 Å². The van der Waals surface area contributed by atoms with Gasteiger partial charge < -0.3 is 14.4 Å². The van der Waals surface area contributed by atoms with E-state index >= 15 is 0 Å². The van der Waals surface area contributed by atoms with Gasteiger partial charge in [-0.05, 0) is 61.6 Å². The van der Waals surface area contributed by atoms with Gasteiger partial charge in [-0.3, -0.25) is 4.79 Å². The first-order valence-electron chi connectivity index (χ1n) is 10.4. The van der Waals surface area contributed by atoms with Crippen LogP contribution >= 0.6 is 0 Å². The number of carbonyl (C=O) groups excluding carboxylic acids is 1. The van der Waals surface area contributed by atoms with Gasteiger partial charge in [0.15, 0.2) is 11.5 Å². The van der Waals surface area contributed by atoms with Crippen LogP contribution in [0.1, 0.15) is 24.8 Å². The van der Waals surface area contributed by atoms with Crippen molar-refractivity contribution in [2.45, 2.75) is 36.7 Å². The summed E-state index contributed by atoms with van der Waals surface area (Å²) in [5.74, 6) is 1.03. The fourth-order valence-corrected chi connectivity index (χ4v) is 5.92. The predicted octanol–water partition coefficient (Wildman–Crippen LogP) is 2.59. The molecule has 1 saturated heterocycles. The highest BCUT2D eigenvalue weighted by molar-refractivity contribution is 7.89. The lowest BCUT2D eigenvalue weighted by atomic mass is 10.0. The van der Waals surface area contributed by atoms with Crippen LogP contribution in [0, 0.1) is 0 Å². The first-order valence-corrected chi connectivity index (χ1v) is 11.8. The number of rotatable bonds is 3. The fourth-order valence-electron chi connectivity index (χ4n) is 4.36. The molecule has 1 atom stereocenters. The van der Waals surface area contributed by atoms with Crippen molar-refractivity contribution in [3.05, 3.63) is 48.0 Å². The quantitative estimate of drug-likeness (QED) is 0.751. The molecule has 7 nitrogen and oxygen atoms in total. The molecule has 8 heteroatoms. The first kappa shape index (κ1) is 19.4. The lowest BCUT2D eigenvalue weighted by molar-refractivity contribution is -0.127. The van der Waals surface area contributed by atoms with E-state index < -0.39 is 16.1 Å². The van der Waals surface area contributed by atoms with Gasteiger partial charge in [0.05, 0.1) is 4.90 Å². The summed E-state index contributed by atoms with van der Waals surface area (Å²) in [7, 11) is -3.48. The van der Waals surface area contributed by atoms with Crippen LogP contribution in [0.4, 0.5) is 5.69 Å². The van der Waals surface area contributed by atoms with E-state index in [2.05, 4.69) is 0 Å². The zero-order valence-electron chi connectivity index (χ0n) is 16.6. The summed E-state index contributed by atoms with van der Waals surface area (Å²) in [6.07, 6.45) is 2.60. The molecule has 0 bridgehead atoms. The van der Waals surface area contributed by atoms with Crippen LogP contribution in [0.2, 0.25) is 0 Å². The molecule has 0 saturated carbocycles. The average molecular weight is 429 g/mol. The number of benzene rings is 2. The van der Waals surface area contributed by atoms with Crippen molar-refractivity contribution in [1.82, 2.24) is 4.31 Å². The fraction of sp³-hybridized carbons (Fsp3) is 0.409. The summed E-state index contributed by atoms with van der Waals surface area (Å²) in [6, 6.07) is 12.4. The third kappa shape index (κ3) is 3.33. The van der Waals surface area contributed by atoms with Crippen molar-refractivity contribution in [1.29, 1.82) is 0 Å². The minimum atomic E-state index is -3.48. The van der Waals surface area contributed by atoms with Gasteiger partial charge in [-0.1, -0.05) is 12.1 Å². The molecular formula is C22H24N2O5S. The summed E-state index contributed by atoms with van der Waals surface area (Å²) in [4.78, 5) is 15.2. The maximum Gasteiger partial charge on any atom is 0.271 e. The Morgan fingerprint density at radius 1 is 0.967 bits per heavy atom. The molecule has 1 fully saturated rings. The van der Waals surface area contributed by atoms with E-state index in [1.165, 1.54) is 0 Å². The van der Waals surface area contributed by atoms with Crippen molar-refractivity contribution < 1.29 is 22.7 Å². The molecule has 0 aliphatic carbocycles. The molecule has 2 aromatic carbocycles. The number of fused-ring (bicyclic) bond motifs is 2. The number of nitrogens with zero attached hydrogens (tertiary/aromatic N) is 2. The molecule has 158 valence electrons. The summed E-state index contributed by atoms with van der Waals surface area (Å²) < 4.78 is 39.0. The number of hydrogen-bond acceptors (Lipinski definition) is 5. The molecule has 1 amide bonds. The molecular weight excluding hydrogens is 404 g/mol. The molecule has 0 N–H and O–H groups in total. The van der Waals surface area contributed by atoms with Crippen LogP contribution in [0.5, 0.6) is 11.5 Å². The number of para-hydroxylation sites is 2. The van der Waals surface area contributed by atoms with Gasteiger partial charge in [-0.25, -0.2) is 8.42 Å². The Balaban J connectivity index is 1.40. The molecule has 3 heterocycles. The van der Waals surface area contributed by atoms with Crippen molar-refractivity contribution in [2.75, 3.05) is 31.1 Å². The summed E-state index contributed by atoms with van der Waals surface area (Å²) in [5.41, 5.74) is 1.64. The lowest BCUT2D eigenvalue weighted by Gasteiger charge is -2.34. The maximum atomic E-state index is 13.2. The Morgan fingerprint density at radius 2 is 1.73 bits per heavy atom. The number of hydrogen-bond donors (Lipinski definition) is 0. The largest absolute Gasteiger partial charge is 0.485 e. The molecule has 0 unspecified atom stereocenters.